The highest BCUT2D eigenvalue weighted by atomic mass is 16.2. The Morgan fingerprint density at radius 1 is 1.33 bits per heavy atom. The molecule has 0 bridgehead atoms. The van der Waals surface area contributed by atoms with Crippen LogP contribution in [0, 0.1) is 0 Å². The first-order valence-electron chi connectivity index (χ1n) is 5.81. The Hall–Kier alpha value is -0.610. The molecule has 4 heteroatoms. The minimum atomic E-state index is 0.109. The van der Waals surface area contributed by atoms with Crippen LogP contribution in [0.3, 0.4) is 0 Å². The van der Waals surface area contributed by atoms with Gasteiger partial charge in [-0.3, -0.25) is 4.79 Å². The van der Waals surface area contributed by atoms with Gasteiger partial charge in [0.05, 0.1) is 0 Å². The van der Waals surface area contributed by atoms with Crippen LogP contribution in [-0.2, 0) is 4.79 Å². The van der Waals surface area contributed by atoms with Gasteiger partial charge in [-0.05, 0) is 39.2 Å². The van der Waals surface area contributed by atoms with Gasteiger partial charge in [-0.25, -0.2) is 0 Å². The van der Waals surface area contributed by atoms with Crippen LogP contribution in [0.15, 0.2) is 0 Å². The largest absolute Gasteiger partial charge is 0.396 e. The Labute approximate surface area is 92.2 Å². The van der Waals surface area contributed by atoms with Crippen LogP contribution in [-0.4, -0.2) is 30.2 Å². The number of unbranched alkanes of at least 4 members (excludes halogenated alkanes) is 2. The third-order valence-corrected chi connectivity index (χ3v) is 2.31. The summed E-state index contributed by atoms with van der Waals surface area (Å²) in [5, 5.41) is 11.5. The minimum absolute atomic E-state index is 0.109. The molecule has 0 saturated carbocycles. The van der Waals surface area contributed by atoms with Crippen LogP contribution in [0.4, 0.5) is 0 Å². The van der Waals surface area contributed by atoms with Gasteiger partial charge in [0.1, 0.15) is 0 Å². The molecule has 0 aromatic heterocycles. The molecule has 1 unspecified atom stereocenters. The van der Waals surface area contributed by atoms with Crippen molar-refractivity contribution in [1.82, 2.24) is 5.32 Å². The van der Waals surface area contributed by atoms with Gasteiger partial charge in [0.15, 0.2) is 0 Å². The van der Waals surface area contributed by atoms with Crippen molar-refractivity contribution in [2.24, 2.45) is 5.73 Å². The van der Waals surface area contributed by atoms with E-state index >= 15 is 0 Å². The standard InChI is InChI=1S/C11H24N2O2/c1-10(6-5-9-14)13-11(15)7-3-2-4-8-12/h10,14H,2-9,12H2,1H3,(H,13,15). The number of carbonyl (C=O) groups excluding carboxylic acids is 1. The summed E-state index contributed by atoms with van der Waals surface area (Å²) in [4.78, 5) is 11.4. The molecule has 0 aliphatic carbocycles. The van der Waals surface area contributed by atoms with E-state index in [2.05, 4.69) is 5.32 Å². The first-order valence-corrected chi connectivity index (χ1v) is 5.81. The molecule has 0 aromatic rings. The number of aliphatic hydroxyl groups is 1. The predicted molar refractivity (Wildman–Crippen MR) is 61.4 cm³/mol. The number of carbonyl (C=O) groups is 1. The zero-order chi connectivity index (χ0) is 11.5. The molecule has 4 N–H and O–H groups in total. The van der Waals surface area contributed by atoms with E-state index in [1.54, 1.807) is 0 Å². The SMILES string of the molecule is CC(CCCO)NC(=O)CCCCCN. The van der Waals surface area contributed by atoms with Crippen molar-refractivity contribution in [3.05, 3.63) is 0 Å². The van der Waals surface area contributed by atoms with Gasteiger partial charge >= 0.3 is 0 Å². The Bertz CT molecular complexity index is 163. The molecule has 1 atom stereocenters. The third-order valence-electron chi connectivity index (χ3n) is 2.31. The van der Waals surface area contributed by atoms with Gasteiger partial charge in [-0.2, -0.15) is 0 Å². The maximum Gasteiger partial charge on any atom is 0.220 e. The van der Waals surface area contributed by atoms with Crippen molar-refractivity contribution >= 4 is 5.91 Å². The van der Waals surface area contributed by atoms with E-state index in [4.69, 9.17) is 10.8 Å². The molecular weight excluding hydrogens is 192 g/mol. The fraction of sp³-hybridized carbons (Fsp3) is 0.909. The smallest absolute Gasteiger partial charge is 0.220 e. The number of amides is 1. The zero-order valence-electron chi connectivity index (χ0n) is 9.67. The molecule has 0 spiro atoms. The lowest BCUT2D eigenvalue weighted by atomic mass is 10.1. The van der Waals surface area contributed by atoms with E-state index in [1.165, 1.54) is 0 Å². The number of nitrogens with one attached hydrogen (secondary N) is 1. The van der Waals surface area contributed by atoms with Crippen molar-refractivity contribution < 1.29 is 9.90 Å². The van der Waals surface area contributed by atoms with Gasteiger partial charge in [-0.15, -0.1) is 0 Å². The molecular formula is C11H24N2O2. The topological polar surface area (TPSA) is 75.3 Å². The maximum atomic E-state index is 11.4. The lowest BCUT2D eigenvalue weighted by molar-refractivity contribution is -0.121. The predicted octanol–water partition coefficient (Wildman–Crippen LogP) is 0.783. The molecule has 90 valence electrons. The number of hydrogen-bond donors (Lipinski definition) is 3. The van der Waals surface area contributed by atoms with E-state index in [-0.39, 0.29) is 18.6 Å². The van der Waals surface area contributed by atoms with E-state index in [9.17, 15) is 4.79 Å². The number of hydrogen-bond acceptors (Lipinski definition) is 3. The molecule has 4 nitrogen and oxygen atoms in total. The molecule has 1 amide bonds. The summed E-state index contributed by atoms with van der Waals surface area (Å²) in [6.07, 6.45) is 5.10. The summed E-state index contributed by atoms with van der Waals surface area (Å²) in [5.41, 5.74) is 5.36. The number of nitrogens with two attached hydrogens (primary N) is 1. The first kappa shape index (κ1) is 14.4. The average molecular weight is 216 g/mol. The minimum Gasteiger partial charge on any atom is -0.396 e. The van der Waals surface area contributed by atoms with E-state index in [0.717, 1.165) is 32.1 Å². The molecule has 15 heavy (non-hydrogen) atoms. The summed E-state index contributed by atoms with van der Waals surface area (Å²) in [6, 6.07) is 0.166. The van der Waals surface area contributed by atoms with Crippen LogP contribution in [0.1, 0.15) is 45.4 Å². The van der Waals surface area contributed by atoms with Crippen molar-refractivity contribution in [3.63, 3.8) is 0 Å². The molecule has 0 rings (SSSR count). The number of aliphatic hydroxyl groups excluding tert-OH is 1. The Morgan fingerprint density at radius 2 is 2.07 bits per heavy atom. The summed E-state index contributed by atoms with van der Waals surface area (Å²) in [7, 11) is 0. The van der Waals surface area contributed by atoms with Crippen LogP contribution in [0.5, 0.6) is 0 Å². The number of rotatable bonds is 9. The fourth-order valence-corrected chi connectivity index (χ4v) is 1.42. The van der Waals surface area contributed by atoms with Gasteiger partial charge in [0, 0.05) is 19.1 Å². The summed E-state index contributed by atoms with van der Waals surface area (Å²) in [6.45, 7) is 2.86. The Morgan fingerprint density at radius 3 is 2.67 bits per heavy atom. The second-order valence-electron chi connectivity index (χ2n) is 3.93. The van der Waals surface area contributed by atoms with Crippen LogP contribution in [0.2, 0.25) is 0 Å². The summed E-state index contributed by atoms with van der Waals surface area (Å²) < 4.78 is 0. The van der Waals surface area contributed by atoms with Crippen LogP contribution < -0.4 is 11.1 Å². The first-order chi connectivity index (χ1) is 7.20. The fourth-order valence-electron chi connectivity index (χ4n) is 1.42. The zero-order valence-corrected chi connectivity index (χ0v) is 9.67. The van der Waals surface area contributed by atoms with Crippen LogP contribution >= 0.6 is 0 Å². The Kier molecular flexibility index (Phi) is 9.52. The van der Waals surface area contributed by atoms with E-state index in [0.29, 0.717) is 13.0 Å². The lowest BCUT2D eigenvalue weighted by Gasteiger charge is -2.12. The van der Waals surface area contributed by atoms with Gasteiger partial charge in [0.2, 0.25) is 5.91 Å². The molecule has 0 aliphatic rings. The van der Waals surface area contributed by atoms with Crippen molar-refractivity contribution in [2.45, 2.75) is 51.5 Å². The summed E-state index contributed by atoms with van der Waals surface area (Å²) in [5.74, 6) is 0.109. The monoisotopic (exact) mass is 216 g/mol. The molecule has 0 saturated heterocycles. The molecule has 0 radical (unpaired) electrons. The van der Waals surface area contributed by atoms with Crippen molar-refractivity contribution in [3.8, 4) is 0 Å². The average Bonchev–Trinajstić information content (AvgIpc) is 2.21. The van der Waals surface area contributed by atoms with Crippen molar-refractivity contribution in [2.75, 3.05) is 13.2 Å². The van der Waals surface area contributed by atoms with Gasteiger partial charge in [0.25, 0.3) is 0 Å². The third kappa shape index (κ3) is 9.69. The van der Waals surface area contributed by atoms with Gasteiger partial charge in [-0.1, -0.05) is 6.42 Å². The highest BCUT2D eigenvalue weighted by molar-refractivity contribution is 5.76. The molecule has 0 aromatic carbocycles. The van der Waals surface area contributed by atoms with Crippen LogP contribution in [0.25, 0.3) is 0 Å². The lowest BCUT2D eigenvalue weighted by Crippen LogP contribution is -2.32. The normalized spacial score (nSPS) is 12.5. The highest BCUT2D eigenvalue weighted by Gasteiger charge is 2.06. The highest BCUT2D eigenvalue weighted by Crippen LogP contribution is 2.00. The maximum absolute atomic E-state index is 11.4. The Balaban J connectivity index is 3.38. The molecule has 0 fully saturated rings. The van der Waals surface area contributed by atoms with E-state index < -0.39 is 0 Å². The molecule has 0 heterocycles. The second-order valence-corrected chi connectivity index (χ2v) is 3.93. The van der Waals surface area contributed by atoms with Gasteiger partial charge < -0.3 is 16.2 Å². The quantitative estimate of drug-likeness (QED) is 0.499. The van der Waals surface area contributed by atoms with Crippen molar-refractivity contribution in [1.29, 1.82) is 0 Å². The van der Waals surface area contributed by atoms with E-state index in [1.807, 2.05) is 6.92 Å². The second kappa shape index (κ2) is 9.93. The summed E-state index contributed by atoms with van der Waals surface area (Å²) >= 11 is 0. The molecule has 0 aliphatic heterocycles.